The van der Waals surface area contributed by atoms with Gasteiger partial charge in [0, 0.05) is 11.3 Å². The maximum Gasteiger partial charge on any atom is 0.544 e. The molecule has 1 aliphatic carbocycles. The van der Waals surface area contributed by atoms with Gasteiger partial charge in [-0.05, 0) is 12.2 Å². The second-order valence-corrected chi connectivity index (χ2v) is 6.64. The first-order chi connectivity index (χ1) is 8.76. The van der Waals surface area contributed by atoms with Crippen LogP contribution in [-0.2, 0) is 20.8 Å². The Bertz CT molecular complexity index is 448. The van der Waals surface area contributed by atoms with E-state index < -0.39 is 22.9 Å². The van der Waals surface area contributed by atoms with Crippen molar-refractivity contribution in [2.75, 3.05) is 12.0 Å². The molecule has 19 heavy (non-hydrogen) atoms. The molecule has 2 aliphatic rings. The number of hydrogen-bond donors (Lipinski definition) is 0. The van der Waals surface area contributed by atoms with Crippen molar-refractivity contribution in [2.45, 2.75) is 18.2 Å². The second kappa shape index (κ2) is 5.39. The lowest BCUT2D eigenvalue weighted by Crippen LogP contribution is -2.37. The summed E-state index contributed by atoms with van der Waals surface area (Å²) < 4.78 is 48.4. The molecule has 1 fully saturated rings. The van der Waals surface area contributed by atoms with Crippen molar-refractivity contribution in [2.24, 2.45) is 0 Å². The quantitative estimate of drug-likeness (QED) is 0.745. The van der Waals surface area contributed by atoms with Gasteiger partial charge in [-0.15, -0.1) is 13.2 Å². The van der Waals surface area contributed by atoms with Gasteiger partial charge < -0.3 is 4.55 Å². The lowest BCUT2D eigenvalue weighted by Gasteiger charge is -2.26. The molecule has 0 aromatic rings. The van der Waals surface area contributed by atoms with Crippen LogP contribution in [0.3, 0.4) is 0 Å². The fraction of sp³-hybridized carbons (Fsp3) is 0.500. The number of carbonyl (C=O) groups excluding carboxylic acids is 1. The average Bonchev–Trinajstić information content (AvgIpc) is 2.52. The van der Waals surface area contributed by atoms with Gasteiger partial charge in [-0.1, -0.05) is 22.9 Å². The van der Waals surface area contributed by atoms with Crippen LogP contribution in [-0.4, -0.2) is 39.1 Å². The van der Waals surface area contributed by atoms with E-state index in [1.165, 1.54) is 18.4 Å². The normalized spacial score (nSPS) is 25.0. The number of halogens is 3. The Labute approximate surface area is 114 Å². The van der Waals surface area contributed by atoms with Gasteiger partial charge in [0.15, 0.2) is 11.2 Å². The van der Waals surface area contributed by atoms with Gasteiger partial charge >= 0.3 is 6.36 Å². The van der Waals surface area contributed by atoms with Gasteiger partial charge in [-0.2, -0.15) is 4.84 Å². The summed E-state index contributed by atoms with van der Waals surface area (Å²) in [6.07, 6.45) is -0.687. The predicted octanol–water partition coefficient (Wildman–Crippen LogP) is 1.93. The van der Waals surface area contributed by atoms with Crippen molar-refractivity contribution < 1.29 is 27.4 Å². The molecular weight excluding hydrogens is 303 g/mol. The van der Waals surface area contributed by atoms with Crippen LogP contribution in [0.25, 0.3) is 0 Å². The highest BCUT2D eigenvalue weighted by atomic mass is 32.2. The van der Waals surface area contributed by atoms with E-state index in [1.807, 2.05) is 0 Å². The third kappa shape index (κ3) is 3.68. The minimum atomic E-state index is -4.83. The molecule has 0 aromatic heterocycles. The number of hydrogen-bond acceptors (Lipinski definition) is 5. The van der Waals surface area contributed by atoms with Crippen LogP contribution < -0.4 is 0 Å². The summed E-state index contributed by atoms with van der Waals surface area (Å²) in [5.41, 5.74) is 0.220. The van der Waals surface area contributed by atoms with Crippen LogP contribution in [0.15, 0.2) is 22.8 Å². The molecule has 9 heteroatoms. The molecule has 0 N–H and O–H groups in total. The van der Waals surface area contributed by atoms with E-state index in [9.17, 15) is 22.5 Å². The molecule has 0 amide bonds. The van der Waals surface area contributed by atoms with Crippen LogP contribution in [0.1, 0.15) is 6.42 Å². The van der Waals surface area contributed by atoms with E-state index in [2.05, 4.69) is 4.84 Å². The number of allylic oxidation sites excluding steroid dienone is 2. The third-order valence-electron chi connectivity index (χ3n) is 2.38. The van der Waals surface area contributed by atoms with Crippen molar-refractivity contribution in [3.8, 4) is 0 Å². The topological polar surface area (TPSA) is 52.6 Å². The SMILES string of the molecule is C[S+]([O-])CC1SC2=CC(=O)CC=C2N1OC(F)(F)F. The lowest BCUT2D eigenvalue weighted by molar-refractivity contribution is -0.405. The van der Waals surface area contributed by atoms with Gasteiger partial charge in [0.2, 0.25) is 0 Å². The van der Waals surface area contributed by atoms with E-state index in [0.717, 1.165) is 11.8 Å². The first-order valence-electron chi connectivity index (χ1n) is 5.23. The smallest absolute Gasteiger partial charge is 0.544 e. The van der Waals surface area contributed by atoms with Crippen molar-refractivity contribution in [1.82, 2.24) is 5.06 Å². The Morgan fingerprint density at radius 3 is 2.89 bits per heavy atom. The summed E-state index contributed by atoms with van der Waals surface area (Å²) in [7, 11) is 0. The fourth-order valence-corrected chi connectivity index (χ4v) is 4.16. The van der Waals surface area contributed by atoms with E-state index in [0.29, 0.717) is 9.97 Å². The Balaban J connectivity index is 2.24. The summed E-state index contributed by atoms with van der Waals surface area (Å²) >= 11 is -0.221. The molecule has 0 saturated carbocycles. The van der Waals surface area contributed by atoms with Gasteiger partial charge in [0.1, 0.15) is 5.75 Å². The molecule has 1 saturated heterocycles. The number of carbonyl (C=O) groups is 1. The zero-order chi connectivity index (χ0) is 14.2. The molecule has 0 bridgehead atoms. The molecule has 2 atom stereocenters. The van der Waals surface area contributed by atoms with E-state index in [1.54, 1.807) is 0 Å². The molecule has 4 nitrogen and oxygen atoms in total. The maximum absolute atomic E-state index is 12.4. The summed E-state index contributed by atoms with van der Waals surface area (Å²) in [5, 5.41) is -0.0551. The standard InChI is InChI=1S/C10H10F3NO3S2/c1-19(16)5-9-14(17-10(11,12)13)7-3-2-6(15)4-8(7)18-9/h3-4,9H,2,5H2,1H3. The zero-order valence-electron chi connectivity index (χ0n) is 9.77. The Morgan fingerprint density at radius 1 is 1.63 bits per heavy atom. The number of nitrogens with zero attached hydrogens (tertiary/aromatic N) is 1. The number of thioether (sulfide) groups is 1. The van der Waals surface area contributed by atoms with E-state index in [-0.39, 0.29) is 23.7 Å². The molecular formula is C10H10F3NO3S2. The molecule has 106 valence electrons. The Kier molecular flexibility index (Phi) is 4.19. The van der Waals surface area contributed by atoms with Gasteiger partial charge in [0.25, 0.3) is 0 Å². The van der Waals surface area contributed by atoms with Crippen molar-refractivity contribution in [3.05, 3.63) is 22.8 Å². The molecule has 0 radical (unpaired) electrons. The average molecular weight is 313 g/mol. The third-order valence-corrected chi connectivity index (χ3v) is 4.59. The molecule has 2 rings (SSSR count). The number of rotatable bonds is 3. The van der Waals surface area contributed by atoms with Crippen LogP contribution >= 0.6 is 11.8 Å². The molecule has 1 aliphatic heterocycles. The fourth-order valence-electron chi connectivity index (χ4n) is 1.74. The number of fused-ring (bicyclic) bond motifs is 1. The van der Waals surface area contributed by atoms with Gasteiger partial charge in [0.05, 0.1) is 12.0 Å². The van der Waals surface area contributed by atoms with Crippen LogP contribution in [0.5, 0.6) is 0 Å². The monoisotopic (exact) mass is 313 g/mol. The first kappa shape index (κ1) is 14.8. The van der Waals surface area contributed by atoms with Gasteiger partial charge in [-0.3, -0.25) is 4.79 Å². The molecule has 1 heterocycles. The van der Waals surface area contributed by atoms with Crippen molar-refractivity contribution in [3.63, 3.8) is 0 Å². The maximum atomic E-state index is 12.4. The highest BCUT2D eigenvalue weighted by molar-refractivity contribution is 8.05. The minimum absolute atomic E-state index is 0.0175. The number of ketones is 1. The van der Waals surface area contributed by atoms with Crippen molar-refractivity contribution in [1.29, 1.82) is 0 Å². The van der Waals surface area contributed by atoms with Crippen LogP contribution in [0.4, 0.5) is 13.2 Å². The summed E-state index contributed by atoms with van der Waals surface area (Å²) in [6, 6.07) is 0. The van der Waals surface area contributed by atoms with E-state index in [4.69, 9.17) is 0 Å². The first-order valence-corrected chi connectivity index (χ1v) is 7.84. The van der Waals surface area contributed by atoms with Crippen LogP contribution in [0, 0.1) is 0 Å². The van der Waals surface area contributed by atoms with E-state index >= 15 is 0 Å². The summed E-state index contributed by atoms with van der Waals surface area (Å²) in [6.45, 7) is 0. The lowest BCUT2D eigenvalue weighted by atomic mass is 10.1. The van der Waals surface area contributed by atoms with Gasteiger partial charge in [-0.25, -0.2) is 5.06 Å². The summed E-state index contributed by atoms with van der Waals surface area (Å²) in [5.74, 6) is -0.152. The predicted molar refractivity (Wildman–Crippen MR) is 65.1 cm³/mol. The summed E-state index contributed by atoms with van der Waals surface area (Å²) in [4.78, 5) is 15.7. The minimum Gasteiger partial charge on any atom is -0.616 e. The Morgan fingerprint density at radius 2 is 2.32 bits per heavy atom. The Hall–Kier alpha value is -0.640. The molecule has 2 unspecified atom stereocenters. The number of alkyl halides is 3. The molecule has 0 aromatic carbocycles. The second-order valence-electron chi connectivity index (χ2n) is 3.94. The number of hydroxylamine groups is 2. The highest BCUT2D eigenvalue weighted by Crippen LogP contribution is 2.45. The zero-order valence-corrected chi connectivity index (χ0v) is 11.4. The largest absolute Gasteiger partial charge is 0.616 e. The molecule has 0 spiro atoms. The van der Waals surface area contributed by atoms with Crippen molar-refractivity contribution >= 4 is 28.7 Å². The van der Waals surface area contributed by atoms with Crippen LogP contribution in [0.2, 0.25) is 0 Å². The highest BCUT2D eigenvalue weighted by Gasteiger charge is 2.44.